The van der Waals surface area contributed by atoms with E-state index in [1.165, 1.54) is 0 Å². The second kappa shape index (κ2) is 2.44. The van der Waals surface area contributed by atoms with Crippen molar-refractivity contribution in [1.29, 1.82) is 0 Å². The van der Waals surface area contributed by atoms with Gasteiger partial charge in [-0.15, -0.1) is 0 Å². The highest BCUT2D eigenvalue weighted by Gasteiger charge is 2.33. The predicted molar refractivity (Wildman–Crippen MR) is 43.7 cm³/mol. The molecular formula is C7H6N4O2. The Labute approximate surface area is 73.2 Å². The molecule has 2 heterocycles. The van der Waals surface area contributed by atoms with E-state index in [0.29, 0.717) is 5.82 Å². The fourth-order valence-electron chi connectivity index (χ4n) is 1.07. The third-order valence-corrected chi connectivity index (χ3v) is 1.67. The smallest absolute Gasteiger partial charge is 0.284 e. The van der Waals surface area contributed by atoms with Crippen LogP contribution in [0.25, 0.3) is 0 Å². The lowest BCUT2D eigenvalue weighted by molar-refractivity contribution is -0.115. The average molecular weight is 178 g/mol. The molecule has 13 heavy (non-hydrogen) atoms. The van der Waals surface area contributed by atoms with Crippen molar-refractivity contribution in [1.82, 2.24) is 15.5 Å². The summed E-state index contributed by atoms with van der Waals surface area (Å²) in [5.41, 5.74) is 0.0806. The van der Waals surface area contributed by atoms with E-state index in [0.717, 1.165) is 4.90 Å². The molecule has 0 aromatic carbocycles. The van der Waals surface area contributed by atoms with Gasteiger partial charge < -0.3 is 0 Å². The van der Waals surface area contributed by atoms with Crippen molar-refractivity contribution in [3.63, 3.8) is 0 Å². The van der Waals surface area contributed by atoms with Crippen LogP contribution in [-0.4, -0.2) is 22.1 Å². The minimum atomic E-state index is -0.526. The van der Waals surface area contributed by atoms with Crippen LogP contribution in [0.2, 0.25) is 0 Å². The quantitative estimate of drug-likeness (QED) is 0.468. The fraction of sp³-hybridized carbons (Fsp3) is 0. The highest BCUT2D eigenvalue weighted by atomic mass is 16.2. The summed E-state index contributed by atoms with van der Waals surface area (Å²) in [6, 6.07) is 1.05. The second-order valence-corrected chi connectivity index (χ2v) is 2.47. The zero-order valence-corrected chi connectivity index (χ0v) is 6.57. The molecule has 1 aliphatic rings. The van der Waals surface area contributed by atoms with Crippen molar-refractivity contribution < 1.29 is 9.59 Å². The molecule has 1 aromatic rings. The molecule has 1 aromatic heterocycles. The molecule has 66 valence electrons. The highest BCUT2D eigenvalue weighted by Crippen LogP contribution is 2.18. The number of H-pyrrole nitrogens is 1. The molecule has 6 nitrogen and oxygen atoms in total. The fourth-order valence-corrected chi connectivity index (χ4v) is 1.07. The maximum atomic E-state index is 11.2. The highest BCUT2D eigenvalue weighted by molar-refractivity contribution is 6.20. The molecule has 3 amide bonds. The summed E-state index contributed by atoms with van der Waals surface area (Å²) < 4.78 is 0. The predicted octanol–water partition coefficient (Wildman–Crippen LogP) is -0.0204. The van der Waals surface area contributed by atoms with Gasteiger partial charge in [-0.05, 0) is 0 Å². The van der Waals surface area contributed by atoms with Crippen LogP contribution in [0.1, 0.15) is 0 Å². The third-order valence-electron chi connectivity index (χ3n) is 1.67. The minimum absolute atomic E-state index is 0.0806. The zero-order chi connectivity index (χ0) is 9.42. The van der Waals surface area contributed by atoms with Crippen LogP contribution in [-0.2, 0) is 4.79 Å². The molecule has 0 bridgehead atoms. The number of nitrogens with one attached hydrogen (secondary N) is 2. The normalized spacial score (nSPS) is 16.6. The summed E-state index contributed by atoms with van der Waals surface area (Å²) in [5, 5.41) is 8.40. The molecule has 0 unspecified atom stereocenters. The van der Waals surface area contributed by atoms with Crippen molar-refractivity contribution >= 4 is 17.8 Å². The lowest BCUT2D eigenvalue weighted by Gasteiger charge is -2.08. The molecule has 1 saturated heterocycles. The number of hydrogen-bond donors (Lipinski definition) is 2. The second-order valence-electron chi connectivity index (χ2n) is 2.47. The summed E-state index contributed by atoms with van der Waals surface area (Å²) in [5.74, 6) is -0.138. The first-order valence-corrected chi connectivity index (χ1v) is 3.54. The minimum Gasteiger partial charge on any atom is -0.284 e. The number of carbonyl (C=O) groups excluding carboxylic acids is 2. The van der Waals surface area contributed by atoms with Gasteiger partial charge in [0.05, 0.1) is 0 Å². The van der Waals surface area contributed by atoms with E-state index in [9.17, 15) is 9.59 Å². The Bertz CT molecular complexity index is 381. The van der Waals surface area contributed by atoms with E-state index in [4.69, 9.17) is 0 Å². The van der Waals surface area contributed by atoms with E-state index < -0.39 is 11.9 Å². The van der Waals surface area contributed by atoms with Crippen molar-refractivity contribution in [2.45, 2.75) is 0 Å². The Kier molecular flexibility index (Phi) is 1.42. The van der Waals surface area contributed by atoms with E-state index in [2.05, 4.69) is 22.1 Å². The molecule has 0 radical (unpaired) electrons. The number of rotatable bonds is 1. The van der Waals surface area contributed by atoms with E-state index >= 15 is 0 Å². The standard InChI is InChI=1S/C7H6N4O2/c1-4-6(12)9-7(13)11(4)5-2-3-8-10-5/h2-3H,1H2,(H,8,10)(H,9,12,13). The van der Waals surface area contributed by atoms with Gasteiger partial charge in [-0.25, -0.2) is 9.69 Å². The van der Waals surface area contributed by atoms with Gasteiger partial charge >= 0.3 is 6.03 Å². The first kappa shape index (κ1) is 7.53. The van der Waals surface area contributed by atoms with Gasteiger partial charge in [-0.3, -0.25) is 15.2 Å². The lowest BCUT2D eigenvalue weighted by Crippen LogP contribution is -2.27. The molecule has 0 aliphatic carbocycles. The first-order chi connectivity index (χ1) is 6.20. The van der Waals surface area contributed by atoms with Crippen molar-refractivity contribution in [2.24, 2.45) is 0 Å². The number of aromatic amines is 1. The van der Waals surface area contributed by atoms with Crippen LogP contribution >= 0.6 is 0 Å². The van der Waals surface area contributed by atoms with Gasteiger partial charge in [0.2, 0.25) is 0 Å². The number of urea groups is 1. The Morgan fingerprint density at radius 2 is 2.23 bits per heavy atom. The van der Waals surface area contributed by atoms with Gasteiger partial charge in [0.1, 0.15) is 5.70 Å². The van der Waals surface area contributed by atoms with Crippen LogP contribution in [0.15, 0.2) is 24.5 Å². The topological polar surface area (TPSA) is 78.1 Å². The van der Waals surface area contributed by atoms with Crippen molar-refractivity contribution in [3.8, 4) is 0 Å². The molecule has 2 N–H and O–H groups in total. The van der Waals surface area contributed by atoms with Crippen molar-refractivity contribution in [2.75, 3.05) is 4.90 Å². The Morgan fingerprint density at radius 1 is 1.46 bits per heavy atom. The van der Waals surface area contributed by atoms with Crippen LogP contribution in [0, 0.1) is 0 Å². The molecule has 0 spiro atoms. The Hall–Kier alpha value is -2.11. The molecule has 2 rings (SSSR count). The van der Waals surface area contributed by atoms with Crippen LogP contribution < -0.4 is 10.2 Å². The number of imide groups is 1. The number of amides is 3. The molecular weight excluding hydrogens is 172 g/mol. The van der Waals surface area contributed by atoms with Crippen molar-refractivity contribution in [3.05, 3.63) is 24.5 Å². The van der Waals surface area contributed by atoms with E-state index in [-0.39, 0.29) is 5.70 Å². The lowest BCUT2D eigenvalue weighted by atomic mass is 10.4. The molecule has 0 atom stereocenters. The number of anilines is 1. The SMILES string of the molecule is C=C1C(=O)NC(=O)N1c1cc[nH]n1. The van der Waals surface area contributed by atoms with Gasteiger partial charge in [-0.1, -0.05) is 6.58 Å². The van der Waals surface area contributed by atoms with Crippen LogP contribution in [0.5, 0.6) is 0 Å². The van der Waals surface area contributed by atoms with Gasteiger partial charge in [0, 0.05) is 12.3 Å². The maximum Gasteiger partial charge on any atom is 0.334 e. The molecule has 1 aliphatic heterocycles. The molecule has 6 heteroatoms. The van der Waals surface area contributed by atoms with Gasteiger partial charge in [-0.2, -0.15) is 5.10 Å². The summed E-state index contributed by atoms with van der Waals surface area (Å²) in [4.78, 5) is 23.3. The number of carbonyl (C=O) groups is 2. The van der Waals surface area contributed by atoms with Crippen LogP contribution in [0.4, 0.5) is 10.6 Å². The molecule has 1 fully saturated rings. The van der Waals surface area contributed by atoms with E-state index in [1.54, 1.807) is 12.3 Å². The average Bonchev–Trinajstić information content (AvgIpc) is 2.63. The summed E-state index contributed by atoms with van der Waals surface area (Å²) in [7, 11) is 0. The zero-order valence-electron chi connectivity index (χ0n) is 6.57. The van der Waals surface area contributed by atoms with E-state index in [1.807, 2.05) is 0 Å². The van der Waals surface area contributed by atoms with Gasteiger partial charge in [0.15, 0.2) is 5.82 Å². The molecule has 0 saturated carbocycles. The number of hydrogen-bond acceptors (Lipinski definition) is 3. The summed E-state index contributed by atoms with van der Waals surface area (Å²) in [6.45, 7) is 3.46. The Balaban J connectivity index is 2.40. The van der Waals surface area contributed by atoms with Gasteiger partial charge in [0.25, 0.3) is 5.91 Å². The third kappa shape index (κ3) is 0.994. The summed E-state index contributed by atoms with van der Waals surface area (Å²) in [6.07, 6.45) is 1.55. The number of nitrogens with zero attached hydrogens (tertiary/aromatic N) is 2. The largest absolute Gasteiger partial charge is 0.334 e. The Morgan fingerprint density at radius 3 is 2.69 bits per heavy atom. The maximum absolute atomic E-state index is 11.2. The first-order valence-electron chi connectivity index (χ1n) is 3.54. The van der Waals surface area contributed by atoms with Crippen LogP contribution in [0.3, 0.4) is 0 Å². The monoisotopic (exact) mass is 178 g/mol. The number of aromatic nitrogens is 2. The summed E-state index contributed by atoms with van der Waals surface area (Å²) >= 11 is 0.